The van der Waals surface area contributed by atoms with Crippen molar-refractivity contribution in [2.24, 2.45) is 0 Å². The van der Waals surface area contributed by atoms with Gasteiger partial charge >= 0.3 is 0 Å². The van der Waals surface area contributed by atoms with Crippen LogP contribution < -0.4 is 0 Å². The number of hydrogen-bond acceptors (Lipinski definition) is 1. The van der Waals surface area contributed by atoms with Crippen LogP contribution in [0.5, 0.6) is 0 Å². The Hall–Kier alpha value is -0.0100. The van der Waals surface area contributed by atoms with Gasteiger partial charge < -0.3 is 0 Å². The first-order valence-electron chi connectivity index (χ1n) is 5.57. The van der Waals surface area contributed by atoms with E-state index in [1.54, 1.807) is 0 Å². The van der Waals surface area contributed by atoms with Crippen LogP contribution in [0.3, 0.4) is 0 Å². The van der Waals surface area contributed by atoms with Crippen molar-refractivity contribution in [3.05, 3.63) is 12.2 Å². The van der Waals surface area contributed by atoms with E-state index in [2.05, 4.69) is 32.3 Å². The van der Waals surface area contributed by atoms with Crippen LogP contribution in [0.25, 0.3) is 0 Å². The minimum absolute atomic E-state index is 0. The monoisotopic (exact) mass is 219 g/mol. The molecule has 0 amide bonds. The van der Waals surface area contributed by atoms with Crippen LogP contribution in [0.2, 0.25) is 0 Å². The maximum absolute atomic E-state index is 3.97. The summed E-state index contributed by atoms with van der Waals surface area (Å²) in [4.78, 5) is 2.52. The van der Waals surface area contributed by atoms with Gasteiger partial charge in [0.05, 0.1) is 0 Å². The fraction of sp³-hybridized carbons (Fsp3) is 0.833. The summed E-state index contributed by atoms with van der Waals surface area (Å²) in [6.07, 6.45) is 5.21. The lowest BCUT2D eigenvalue weighted by Crippen LogP contribution is -2.27. The van der Waals surface area contributed by atoms with Crippen LogP contribution in [-0.4, -0.2) is 24.5 Å². The van der Waals surface area contributed by atoms with Crippen molar-refractivity contribution in [2.45, 2.75) is 46.5 Å². The van der Waals surface area contributed by atoms with Gasteiger partial charge in [-0.3, -0.25) is 4.90 Å². The molecule has 0 N–H and O–H groups in total. The molecule has 86 valence electrons. The van der Waals surface area contributed by atoms with E-state index in [1.165, 1.54) is 44.3 Å². The number of halogens is 1. The minimum Gasteiger partial charge on any atom is -0.299 e. The summed E-state index contributed by atoms with van der Waals surface area (Å²) in [5.41, 5.74) is 1.28. The summed E-state index contributed by atoms with van der Waals surface area (Å²) >= 11 is 0. The zero-order chi connectivity index (χ0) is 10.1. The standard InChI is InChI=1S/C12H25N.ClH/c1-5-7-9-13(10-8-6-2)11-12(3)4;/h3,5-11H2,1-2,4H3;1H. The van der Waals surface area contributed by atoms with Gasteiger partial charge in [0.25, 0.3) is 0 Å². The lowest BCUT2D eigenvalue weighted by atomic mass is 10.2. The van der Waals surface area contributed by atoms with E-state index in [9.17, 15) is 0 Å². The average molecular weight is 220 g/mol. The molecule has 0 aliphatic rings. The van der Waals surface area contributed by atoms with Gasteiger partial charge in [0, 0.05) is 6.54 Å². The smallest absolute Gasteiger partial charge is 0.0187 e. The highest BCUT2D eigenvalue weighted by Crippen LogP contribution is 2.02. The molecule has 0 spiro atoms. The van der Waals surface area contributed by atoms with Gasteiger partial charge in [0.1, 0.15) is 0 Å². The zero-order valence-corrected chi connectivity index (χ0v) is 10.8. The molecule has 0 fully saturated rings. The number of unbranched alkanes of at least 4 members (excludes halogenated alkanes) is 2. The summed E-state index contributed by atoms with van der Waals surface area (Å²) in [5, 5.41) is 0. The van der Waals surface area contributed by atoms with Gasteiger partial charge in [0.15, 0.2) is 0 Å². The van der Waals surface area contributed by atoms with Crippen molar-refractivity contribution < 1.29 is 0 Å². The van der Waals surface area contributed by atoms with E-state index in [1.807, 2.05) is 0 Å². The summed E-state index contributed by atoms with van der Waals surface area (Å²) in [7, 11) is 0. The van der Waals surface area contributed by atoms with Crippen molar-refractivity contribution in [1.29, 1.82) is 0 Å². The highest BCUT2D eigenvalue weighted by molar-refractivity contribution is 5.85. The van der Waals surface area contributed by atoms with E-state index in [0.717, 1.165) is 6.54 Å². The fourth-order valence-corrected chi connectivity index (χ4v) is 1.42. The molecule has 2 heteroatoms. The van der Waals surface area contributed by atoms with Crippen LogP contribution in [0, 0.1) is 0 Å². The third kappa shape index (κ3) is 10.1. The van der Waals surface area contributed by atoms with Gasteiger partial charge in [-0.05, 0) is 32.9 Å². The Bertz CT molecular complexity index is 126. The molecule has 0 aliphatic heterocycles. The van der Waals surface area contributed by atoms with Crippen LogP contribution >= 0.6 is 12.4 Å². The molecule has 0 atom stereocenters. The number of hydrogen-bond donors (Lipinski definition) is 0. The topological polar surface area (TPSA) is 3.24 Å². The maximum atomic E-state index is 3.97. The molecule has 14 heavy (non-hydrogen) atoms. The van der Waals surface area contributed by atoms with Gasteiger partial charge in [0.2, 0.25) is 0 Å². The van der Waals surface area contributed by atoms with Crippen molar-refractivity contribution in [1.82, 2.24) is 4.90 Å². The molecule has 0 radical (unpaired) electrons. The van der Waals surface area contributed by atoms with Crippen molar-refractivity contribution in [3.63, 3.8) is 0 Å². The largest absolute Gasteiger partial charge is 0.299 e. The van der Waals surface area contributed by atoms with E-state index in [-0.39, 0.29) is 12.4 Å². The second kappa shape index (κ2) is 11.1. The van der Waals surface area contributed by atoms with Gasteiger partial charge in [-0.25, -0.2) is 0 Å². The molecule has 0 aliphatic carbocycles. The molecule has 0 saturated carbocycles. The molecule has 0 aromatic carbocycles. The number of rotatable bonds is 8. The Labute approximate surface area is 96.0 Å². The van der Waals surface area contributed by atoms with Crippen LogP contribution in [0.15, 0.2) is 12.2 Å². The Morgan fingerprint density at radius 3 is 1.79 bits per heavy atom. The van der Waals surface area contributed by atoms with Crippen molar-refractivity contribution >= 4 is 12.4 Å². The first-order chi connectivity index (χ1) is 6.20. The molecule has 0 heterocycles. The molecule has 0 rings (SSSR count). The van der Waals surface area contributed by atoms with E-state index >= 15 is 0 Å². The highest BCUT2D eigenvalue weighted by Gasteiger charge is 2.02. The zero-order valence-electron chi connectivity index (χ0n) is 10.0. The Morgan fingerprint density at radius 1 is 1.07 bits per heavy atom. The second-order valence-corrected chi connectivity index (χ2v) is 3.94. The third-order valence-electron chi connectivity index (χ3n) is 2.15. The predicted molar refractivity (Wildman–Crippen MR) is 68.3 cm³/mol. The molecular weight excluding hydrogens is 194 g/mol. The normalized spacial score (nSPS) is 10.0. The molecule has 0 bridgehead atoms. The second-order valence-electron chi connectivity index (χ2n) is 3.94. The van der Waals surface area contributed by atoms with Gasteiger partial charge in [-0.1, -0.05) is 38.8 Å². The van der Waals surface area contributed by atoms with Gasteiger partial charge in [-0.15, -0.1) is 12.4 Å². The van der Waals surface area contributed by atoms with Crippen molar-refractivity contribution in [2.75, 3.05) is 19.6 Å². The lowest BCUT2D eigenvalue weighted by molar-refractivity contribution is 0.287. The molecule has 1 nitrogen and oxygen atoms in total. The Kier molecular flexibility index (Phi) is 13.0. The Morgan fingerprint density at radius 2 is 1.50 bits per heavy atom. The summed E-state index contributed by atoms with van der Waals surface area (Å²) in [6, 6.07) is 0. The molecule has 0 unspecified atom stereocenters. The van der Waals surface area contributed by atoms with Crippen molar-refractivity contribution in [3.8, 4) is 0 Å². The maximum Gasteiger partial charge on any atom is 0.0187 e. The van der Waals surface area contributed by atoms with E-state index in [4.69, 9.17) is 0 Å². The summed E-state index contributed by atoms with van der Waals surface area (Å²) in [6.45, 7) is 14.1. The van der Waals surface area contributed by atoms with Crippen LogP contribution in [0.1, 0.15) is 46.5 Å². The molecule has 0 aromatic heterocycles. The number of nitrogens with zero attached hydrogens (tertiary/aromatic N) is 1. The molecule has 0 aromatic rings. The van der Waals surface area contributed by atoms with E-state index < -0.39 is 0 Å². The summed E-state index contributed by atoms with van der Waals surface area (Å²) < 4.78 is 0. The third-order valence-corrected chi connectivity index (χ3v) is 2.15. The molecular formula is C12H26ClN. The average Bonchev–Trinajstić information content (AvgIpc) is 2.09. The summed E-state index contributed by atoms with van der Waals surface area (Å²) in [5.74, 6) is 0. The SMILES string of the molecule is C=C(C)CN(CCCC)CCCC.Cl. The Balaban J connectivity index is 0. The quantitative estimate of drug-likeness (QED) is 0.560. The fourth-order valence-electron chi connectivity index (χ4n) is 1.42. The van der Waals surface area contributed by atoms with Crippen LogP contribution in [0.4, 0.5) is 0 Å². The highest BCUT2D eigenvalue weighted by atomic mass is 35.5. The first kappa shape index (κ1) is 16.4. The van der Waals surface area contributed by atoms with Crippen LogP contribution in [-0.2, 0) is 0 Å². The predicted octanol–water partition coefficient (Wildman–Crippen LogP) is 3.89. The molecule has 0 saturated heterocycles. The first-order valence-corrected chi connectivity index (χ1v) is 5.57. The van der Waals surface area contributed by atoms with Gasteiger partial charge in [-0.2, -0.15) is 0 Å². The van der Waals surface area contributed by atoms with E-state index in [0.29, 0.717) is 0 Å². The minimum atomic E-state index is 0. The lowest BCUT2D eigenvalue weighted by Gasteiger charge is -2.21.